The van der Waals surface area contributed by atoms with E-state index in [0.29, 0.717) is 12.5 Å². The first-order valence-electron chi connectivity index (χ1n) is 4.87. The van der Waals surface area contributed by atoms with Gasteiger partial charge in [0.05, 0.1) is 12.9 Å². The van der Waals surface area contributed by atoms with Crippen LogP contribution in [0.1, 0.15) is 32.6 Å². The number of hydrogen-bond acceptors (Lipinski definition) is 3. The summed E-state index contributed by atoms with van der Waals surface area (Å²) in [5.74, 6) is 1.22. The van der Waals surface area contributed by atoms with Crippen molar-refractivity contribution in [3.8, 4) is 0 Å². The van der Waals surface area contributed by atoms with Gasteiger partial charge in [-0.3, -0.25) is 4.18 Å². The summed E-state index contributed by atoms with van der Waals surface area (Å²) in [5, 5.41) is 0. The highest BCUT2D eigenvalue weighted by Crippen LogP contribution is 2.42. The van der Waals surface area contributed by atoms with Crippen LogP contribution in [-0.4, -0.2) is 21.3 Å². The molecule has 1 aliphatic carbocycles. The van der Waals surface area contributed by atoms with Gasteiger partial charge in [0.25, 0.3) is 10.1 Å². The lowest BCUT2D eigenvalue weighted by molar-refractivity contribution is 0.296. The molecule has 4 heteroatoms. The van der Waals surface area contributed by atoms with Gasteiger partial charge in [-0.25, -0.2) is 0 Å². The quantitative estimate of drug-likeness (QED) is 0.622. The largest absolute Gasteiger partial charge is 0.270 e. The van der Waals surface area contributed by atoms with Crippen molar-refractivity contribution in [2.75, 3.05) is 12.9 Å². The summed E-state index contributed by atoms with van der Waals surface area (Å²) in [5.41, 5.74) is 0. The van der Waals surface area contributed by atoms with E-state index in [-0.39, 0.29) is 0 Å². The first-order valence-corrected chi connectivity index (χ1v) is 6.69. The first kappa shape index (κ1) is 11.0. The van der Waals surface area contributed by atoms with Gasteiger partial charge < -0.3 is 0 Å². The van der Waals surface area contributed by atoms with Gasteiger partial charge in [-0.2, -0.15) is 8.42 Å². The smallest absolute Gasteiger partial charge is 0.264 e. The summed E-state index contributed by atoms with van der Waals surface area (Å²) in [4.78, 5) is 0. The molecular formula is C9H18O3S. The maximum Gasteiger partial charge on any atom is 0.264 e. The molecule has 1 saturated carbocycles. The Labute approximate surface area is 80.6 Å². The molecule has 13 heavy (non-hydrogen) atoms. The van der Waals surface area contributed by atoms with Crippen molar-refractivity contribution in [3.63, 3.8) is 0 Å². The molecule has 0 aromatic rings. The molecule has 2 unspecified atom stereocenters. The molecule has 0 amide bonds. The van der Waals surface area contributed by atoms with Crippen LogP contribution in [0.5, 0.6) is 0 Å². The van der Waals surface area contributed by atoms with E-state index in [1.165, 1.54) is 19.3 Å². The lowest BCUT2D eigenvalue weighted by Gasteiger charge is -1.99. The number of hydrogen-bond donors (Lipinski definition) is 0. The van der Waals surface area contributed by atoms with Crippen molar-refractivity contribution >= 4 is 10.1 Å². The van der Waals surface area contributed by atoms with Crippen molar-refractivity contribution in [2.45, 2.75) is 32.6 Å². The molecule has 0 spiro atoms. The van der Waals surface area contributed by atoms with E-state index in [1.54, 1.807) is 0 Å². The van der Waals surface area contributed by atoms with Crippen LogP contribution in [0.4, 0.5) is 0 Å². The molecular weight excluding hydrogens is 188 g/mol. The van der Waals surface area contributed by atoms with E-state index in [9.17, 15) is 8.42 Å². The molecule has 0 N–H and O–H groups in total. The zero-order valence-corrected chi connectivity index (χ0v) is 9.14. The average molecular weight is 206 g/mol. The van der Waals surface area contributed by atoms with Crippen molar-refractivity contribution in [3.05, 3.63) is 0 Å². The fourth-order valence-corrected chi connectivity index (χ4v) is 1.97. The van der Waals surface area contributed by atoms with Crippen molar-refractivity contribution in [1.82, 2.24) is 0 Å². The van der Waals surface area contributed by atoms with Crippen molar-refractivity contribution < 1.29 is 12.6 Å². The van der Waals surface area contributed by atoms with E-state index in [1.807, 2.05) is 0 Å². The Morgan fingerprint density at radius 1 is 1.38 bits per heavy atom. The third kappa shape index (κ3) is 4.62. The van der Waals surface area contributed by atoms with Gasteiger partial charge >= 0.3 is 0 Å². The molecule has 0 bridgehead atoms. The highest BCUT2D eigenvalue weighted by molar-refractivity contribution is 7.85. The predicted octanol–water partition coefficient (Wildman–Crippen LogP) is 1.79. The summed E-state index contributed by atoms with van der Waals surface area (Å²) in [6, 6.07) is 0. The SMILES string of the molecule is CCCCC1CC1COS(C)(=O)=O. The molecule has 2 atom stereocenters. The summed E-state index contributed by atoms with van der Waals surface area (Å²) in [6.07, 6.45) is 5.95. The lowest BCUT2D eigenvalue weighted by Crippen LogP contribution is -2.06. The molecule has 0 aromatic heterocycles. The van der Waals surface area contributed by atoms with Crippen LogP contribution in [0.15, 0.2) is 0 Å². The maximum atomic E-state index is 10.7. The fraction of sp³-hybridized carbons (Fsp3) is 1.00. The molecule has 0 heterocycles. The Kier molecular flexibility index (Phi) is 3.74. The van der Waals surface area contributed by atoms with Gasteiger partial charge in [-0.15, -0.1) is 0 Å². The van der Waals surface area contributed by atoms with Gasteiger partial charge in [0.1, 0.15) is 0 Å². The topological polar surface area (TPSA) is 43.4 Å². The predicted molar refractivity (Wildman–Crippen MR) is 51.9 cm³/mol. The zero-order valence-electron chi connectivity index (χ0n) is 8.32. The third-order valence-corrected chi connectivity index (χ3v) is 3.06. The van der Waals surface area contributed by atoms with Gasteiger partial charge in [-0.05, 0) is 18.3 Å². The molecule has 78 valence electrons. The van der Waals surface area contributed by atoms with E-state index in [2.05, 4.69) is 6.92 Å². The summed E-state index contributed by atoms with van der Waals surface area (Å²) >= 11 is 0. The Hall–Kier alpha value is -0.0900. The highest BCUT2D eigenvalue weighted by atomic mass is 32.2. The molecule has 0 saturated heterocycles. The minimum atomic E-state index is -3.22. The Morgan fingerprint density at radius 2 is 2.08 bits per heavy atom. The van der Waals surface area contributed by atoms with Gasteiger partial charge in [-0.1, -0.05) is 26.2 Å². The van der Waals surface area contributed by atoms with Crippen LogP contribution in [0, 0.1) is 11.8 Å². The summed E-state index contributed by atoms with van der Waals surface area (Å²) in [6.45, 7) is 2.57. The van der Waals surface area contributed by atoms with Crippen molar-refractivity contribution in [2.24, 2.45) is 11.8 Å². The zero-order chi connectivity index (χ0) is 9.90. The Morgan fingerprint density at radius 3 is 2.62 bits per heavy atom. The van der Waals surface area contributed by atoms with E-state index >= 15 is 0 Å². The second-order valence-corrected chi connectivity index (χ2v) is 5.53. The molecule has 0 radical (unpaired) electrons. The molecule has 1 fully saturated rings. The van der Waals surface area contributed by atoms with Gasteiger partial charge in [0.15, 0.2) is 0 Å². The van der Waals surface area contributed by atoms with Crippen LogP contribution in [0.25, 0.3) is 0 Å². The standard InChI is InChI=1S/C9H18O3S/c1-3-4-5-8-6-9(8)7-12-13(2,10)11/h8-9H,3-7H2,1-2H3. The summed E-state index contributed by atoms with van der Waals surface area (Å²) in [7, 11) is -3.22. The number of rotatable bonds is 6. The molecule has 3 nitrogen and oxygen atoms in total. The van der Waals surface area contributed by atoms with Crippen LogP contribution in [-0.2, 0) is 14.3 Å². The Balaban J connectivity index is 2.08. The minimum Gasteiger partial charge on any atom is -0.270 e. The van der Waals surface area contributed by atoms with E-state index in [4.69, 9.17) is 4.18 Å². The Bertz CT molecular complexity index is 246. The van der Waals surface area contributed by atoms with Crippen LogP contribution in [0.2, 0.25) is 0 Å². The molecule has 0 aromatic carbocycles. The van der Waals surface area contributed by atoms with Crippen LogP contribution < -0.4 is 0 Å². The minimum absolute atomic E-state index is 0.396. The number of unbranched alkanes of at least 4 members (excludes halogenated alkanes) is 1. The fourth-order valence-electron chi connectivity index (χ4n) is 1.55. The monoisotopic (exact) mass is 206 g/mol. The van der Waals surface area contributed by atoms with Gasteiger partial charge in [0, 0.05) is 0 Å². The average Bonchev–Trinajstić information content (AvgIpc) is 2.75. The van der Waals surface area contributed by atoms with Crippen molar-refractivity contribution in [1.29, 1.82) is 0 Å². The molecule has 1 aliphatic rings. The highest BCUT2D eigenvalue weighted by Gasteiger charge is 2.36. The normalized spacial score (nSPS) is 27.5. The van der Waals surface area contributed by atoms with Crippen LogP contribution in [0.3, 0.4) is 0 Å². The van der Waals surface area contributed by atoms with E-state index < -0.39 is 10.1 Å². The second kappa shape index (κ2) is 4.42. The molecule has 0 aliphatic heterocycles. The lowest BCUT2D eigenvalue weighted by atomic mass is 10.1. The van der Waals surface area contributed by atoms with E-state index in [0.717, 1.165) is 18.6 Å². The second-order valence-electron chi connectivity index (χ2n) is 3.89. The van der Waals surface area contributed by atoms with Crippen LogP contribution >= 0.6 is 0 Å². The first-order chi connectivity index (χ1) is 6.03. The third-order valence-electron chi connectivity index (χ3n) is 2.49. The molecule has 1 rings (SSSR count). The van der Waals surface area contributed by atoms with Gasteiger partial charge in [0.2, 0.25) is 0 Å². The maximum absolute atomic E-state index is 10.7. The summed E-state index contributed by atoms with van der Waals surface area (Å²) < 4.78 is 26.1.